The Morgan fingerprint density at radius 2 is 1.69 bits per heavy atom. The van der Waals surface area contributed by atoms with Gasteiger partial charge >= 0.3 is 0 Å². The van der Waals surface area contributed by atoms with Crippen LogP contribution in [-0.2, 0) is 4.79 Å². The fourth-order valence-electron chi connectivity index (χ4n) is 2.77. The molecule has 0 saturated carbocycles. The van der Waals surface area contributed by atoms with Gasteiger partial charge in [-0.1, -0.05) is 0 Å². The molecule has 1 heterocycles. The Labute approximate surface area is 154 Å². The van der Waals surface area contributed by atoms with Gasteiger partial charge in [0.2, 0.25) is 11.7 Å². The summed E-state index contributed by atoms with van der Waals surface area (Å²) in [5, 5.41) is 0. The van der Waals surface area contributed by atoms with Gasteiger partial charge in [0.05, 0.1) is 26.4 Å². The first-order chi connectivity index (χ1) is 12.5. The maximum Gasteiger partial charge on any atom is 0.246 e. The van der Waals surface area contributed by atoms with E-state index in [4.69, 9.17) is 14.2 Å². The first-order valence-corrected chi connectivity index (χ1v) is 8.59. The molecule has 0 spiro atoms. The van der Waals surface area contributed by atoms with Crippen molar-refractivity contribution in [3.05, 3.63) is 29.8 Å². The highest BCUT2D eigenvalue weighted by Gasteiger charge is 2.21. The van der Waals surface area contributed by atoms with Crippen LogP contribution < -0.4 is 14.2 Å². The molecule has 1 aliphatic heterocycles. The van der Waals surface area contributed by atoms with E-state index in [1.807, 2.05) is 14.0 Å². The van der Waals surface area contributed by atoms with E-state index in [1.54, 1.807) is 17.0 Å². The molecule has 1 aromatic carbocycles. The monoisotopic (exact) mass is 362 g/mol. The first-order valence-electron chi connectivity index (χ1n) is 8.59. The summed E-state index contributed by atoms with van der Waals surface area (Å²) in [7, 11) is 4.97. The quantitative estimate of drug-likeness (QED) is 0.542. The highest BCUT2D eigenvalue weighted by Crippen LogP contribution is 2.40. The Balaban J connectivity index is 2.17. The van der Waals surface area contributed by atoms with E-state index in [0.29, 0.717) is 42.5 Å². The van der Waals surface area contributed by atoms with Gasteiger partial charge in [0.25, 0.3) is 0 Å². The molecule has 2 rings (SSSR count). The van der Waals surface area contributed by atoms with Crippen LogP contribution in [0.1, 0.15) is 17.3 Å². The molecule has 0 bridgehead atoms. The number of likely N-dealkylation sites (N-methyl/N-ethyl adjacent to an activating group) is 1. The van der Waals surface area contributed by atoms with Gasteiger partial charge in [-0.25, -0.2) is 0 Å². The molecule has 0 aliphatic carbocycles. The zero-order valence-electron chi connectivity index (χ0n) is 15.8. The SMILES string of the molecule is CCOc1ccc(C(=O)C=CC(=O)N2CCN(C)CC2)c(OC)c1OC. The minimum atomic E-state index is -0.328. The molecular weight excluding hydrogens is 336 g/mol. The van der Waals surface area contributed by atoms with Crippen molar-refractivity contribution in [3.63, 3.8) is 0 Å². The Kier molecular flexibility index (Phi) is 7.03. The standard InChI is InChI=1S/C19H26N2O5/c1-5-26-16-8-6-14(18(24-3)19(16)25-4)15(22)7-9-17(23)21-12-10-20(2)11-13-21/h6-9H,5,10-13H2,1-4H3. The van der Waals surface area contributed by atoms with E-state index in [9.17, 15) is 9.59 Å². The number of nitrogens with zero attached hydrogens (tertiary/aromatic N) is 2. The van der Waals surface area contributed by atoms with Gasteiger partial charge in [0, 0.05) is 32.3 Å². The predicted molar refractivity (Wildman–Crippen MR) is 98.3 cm³/mol. The van der Waals surface area contributed by atoms with Gasteiger partial charge in [0.15, 0.2) is 17.3 Å². The van der Waals surface area contributed by atoms with Gasteiger partial charge in [0.1, 0.15) is 0 Å². The molecule has 26 heavy (non-hydrogen) atoms. The fourth-order valence-corrected chi connectivity index (χ4v) is 2.77. The normalized spacial score (nSPS) is 15.2. The lowest BCUT2D eigenvalue weighted by Gasteiger charge is -2.31. The van der Waals surface area contributed by atoms with Crippen molar-refractivity contribution >= 4 is 11.7 Å². The second kappa shape index (κ2) is 9.24. The zero-order chi connectivity index (χ0) is 19.1. The number of benzene rings is 1. The average molecular weight is 362 g/mol. The Morgan fingerprint density at radius 1 is 1.04 bits per heavy atom. The van der Waals surface area contributed by atoms with E-state index in [2.05, 4.69) is 4.90 Å². The summed E-state index contributed by atoms with van der Waals surface area (Å²) >= 11 is 0. The third-order valence-electron chi connectivity index (χ3n) is 4.24. The van der Waals surface area contributed by atoms with Crippen LogP contribution in [0.4, 0.5) is 0 Å². The van der Waals surface area contributed by atoms with E-state index in [1.165, 1.54) is 26.4 Å². The second-order valence-corrected chi connectivity index (χ2v) is 5.94. The lowest BCUT2D eigenvalue weighted by atomic mass is 10.1. The molecule has 0 atom stereocenters. The van der Waals surface area contributed by atoms with Crippen LogP contribution in [0.2, 0.25) is 0 Å². The van der Waals surface area contributed by atoms with E-state index in [0.717, 1.165) is 13.1 Å². The summed E-state index contributed by atoms with van der Waals surface area (Å²) in [6.07, 6.45) is 2.59. The van der Waals surface area contributed by atoms with Crippen molar-refractivity contribution in [1.82, 2.24) is 9.80 Å². The molecule has 142 valence electrons. The number of hydrogen-bond acceptors (Lipinski definition) is 6. The number of ketones is 1. The first kappa shape index (κ1) is 19.8. The summed E-state index contributed by atoms with van der Waals surface area (Å²) in [6, 6.07) is 3.27. The largest absolute Gasteiger partial charge is 0.492 e. The molecule has 0 radical (unpaired) electrons. The summed E-state index contributed by atoms with van der Waals surface area (Å²) in [5.41, 5.74) is 0.315. The maximum absolute atomic E-state index is 12.6. The summed E-state index contributed by atoms with van der Waals surface area (Å²) in [5.74, 6) is 0.661. The molecule has 0 unspecified atom stereocenters. The lowest BCUT2D eigenvalue weighted by molar-refractivity contribution is -0.127. The second-order valence-electron chi connectivity index (χ2n) is 5.94. The number of hydrogen-bond donors (Lipinski definition) is 0. The Bertz CT molecular complexity index is 679. The Hall–Kier alpha value is -2.54. The minimum absolute atomic E-state index is 0.164. The molecule has 1 amide bonds. The van der Waals surface area contributed by atoms with E-state index < -0.39 is 0 Å². The summed E-state index contributed by atoms with van der Waals surface area (Å²) < 4.78 is 16.2. The predicted octanol–water partition coefficient (Wildman–Crippen LogP) is 1.62. The maximum atomic E-state index is 12.6. The lowest BCUT2D eigenvalue weighted by Crippen LogP contribution is -2.46. The van der Waals surface area contributed by atoms with Gasteiger partial charge in [-0.15, -0.1) is 0 Å². The fraction of sp³-hybridized carbons (Fsp3) is 0.474. The number of carbonyl (C=O) groups is 2. The van der Waals surface area contributed by atoms with Crippen LogP contribution in [0.5, 0.6) is 17.2 Å². The molecule has 7 nitrogen and oxygen atoms in total. The highest BCUT2D eigenvalue weighted by atomic mass is 16.5. The summed E-state index contributed by atoms with van der Waals surface area (Å²) in [4.78, 5) is 28.7. The van der Waals surface area contributed by atoms with Crippen LogP contribution >= 0.6 is 0 Å². The van der Waals surface area contributed by atoms with Crippen LogP contribution in [0, 0.1) is 0 Å². The van der Waals surface area contributed by atoms with Crippen molar-refractivity contribution in [3.8, 4) is 17.2 Å². The molecule has 1 saturated heterocycles. The molecule has 1 aliphatic rings. The van der Waals surface area contributed by atoms with Crippen LogP contribution in [0.15, 0.2) is 24.3 Å². The molecular formula is C19H26N2O5. The van der Waals surface area contributed by atoms with E-state index >= 15 is 0 Å². The number of ether oxygens (including phenoxy) is 3. The number of piperazine rings is 1. The smallest absolute Gasteiger partial charge is 0.246 e. The average Bonchev–Trinajstić information content (AvgIpc) is 2.66. The highest BCUT2D eigenvalue weighted by molar-refractivity contribution is 6.09. The van der Waals surface area contributed by atoms with Crippen LogP contribution in [0.25, 0.3) is 0 Å². The third kappa shape index (κ3) is 4.54. The van der Waals surface area contributed by atoms with E-state index in [-0.39, 0.29) is 11.7 Å². The molecule has 0 aromatic heterocycles. The van der Waals surface area contributed by atoms with Gasteiger partial charge < -0.3 is 24.0 Å². The number of allylic oxidation sites excluding steroid dienone is 1. The minimum Gasteiger partial charge on any atom is -0.492 e. The number of amides is 1. The van der Waals surface area contributed by atoms with Crippen molar-refractivity contribution in [2.45, 2.75) is 6.92 Å². The topological polar surface area (TPSA) is 68.3 Å². The number of methoxy groups -OCH3 is 2. The van der Waals surface area contributed by atoms with Gasteiger partial charge in [-0.3, -0.25) is 9.59 Å². The molecule has 0 N–H and O–H groups in total. The molecule has 7 heteroatoms. The molecule has 1 fully saturated rings. The number of carbonyl (C=O) groups excluding carboxylic acids is 2. The summed E-state index contributed by atoms with van der Waals surface area (Å²) in [6.45, 7) is 5.31. The Morgan fingerprint density at radius 3 is 2.27 bits per heavy atom. The van der Waals surface area contributed by atoms with Crippen LogP contribution in [0.3, 0.4) is 0 Å². The van der Waals surface area contributed by atoms with Crippen LogP contribution in [-0.4, -0.2) is 75.5 Å². The third-order valence-corrected chi connectivity index (χ3v) is 4.24. The van der Waals surface area contributed by atoms with Crippen molar-refractivity contribution in [1.29, 1.82) is 0 Å². The molecule has 1 aromatic rings. The van der Waals surface area contributed by atoms with Crippen molar-refractivity contribution in [2.75, 3.05) is 54.1 Å². The zero-order valence-corrected chi connectivity index (χ0v) is 15.8. The van der Waals surface area contributed by atoms with Crippen molar-refractivity contribution < 1.29 is 23.8 Å². The van der Waals surface area contributed by atoms with Gasteiger partial charge in [-0.2, -0.15) is 0 Å². The van der Waals surface area contributed by atoms with Gasteiger partial charge in [-0.05, 0) is 32.2 Å². The van der Waals surface area contributed by atoms with Crippen molar-refractivity contribution in [2.24, 2.45) is 0 Å². The number of rotatable bonds is 7.